The zero-order valence-electron chi connectivity index (χ0n) is 11.9. The molecule has 0 radical (unpaired) electrons. The van der Waals surface area contributed by atoms with Crippen LogP contribution >= 0.6 is 15.9 Å². The van der Waals surface area contributed by atoms with E-state index in [9.17, 15) is 9.59 Å². The van der Waals surface area contributed by atoms with Gasteiger partial charge in [-0.15, -0.1) is 0 Å². The molecule has 1 aromatic carbocycles. The quantitative estimate of drug-likeness (QED) is 0.855. The van der Waals surface area contributed by atoms with Crippen molar-refractivity contribution in [3.05, 3.63) is 40.8 Å². The van der Waals surface area contributed by atoms with Crippen molar-refractivity contribution >= 4 is 39.1 Å². The van der Waals surface area contributed by atoms with E-state index < -0.39 is 5.60 Å². The summed E-state index contributed by atoms with van der Waals surface area (Å²) in [5, 5.41) is 5.46. The lowest BCUT2D eigenvalue weighted by atomic mass is 10.1. The average Bonchev–Trinajstić information content (AvgIpc) is 2.87. The van der Waals surface area contributed by atoms with Gasteiger partial charge in [0.15, 0.2) is 16.0 Å². The minimum absolute atomic E-state index is 0.186. The van der Waals surface area contributed by atoms with Crippen molar-refractivity contribution in [3.8, 4) is 5.75 Å². The third-order valence-electron chi connectivity index (χ3n) is 3.19. The molecule has 2 N–H and O–H groups in total. The lowest BCUT2D eigenvalue weighted by molar-refractivity contribution is -0.129. The first-order valence-corrected chi connectivity index (χ1v) is 7.36. The molecule has 0 spiro atoms. The number of carbonyl (C=O) groups is 2. The van der Waals surface area contributed by atoms with Crippen LogP contribution in [-0.2, 0) is 4.79 Å². The molecular weight excluding hydrogens is 352 g/mol. The summed E-state index contributed by atoms with van der Waals surface area (Å²) in [5.74, 6) is 0.127. The fraction of sp³-hybridized carbons (Fsp3) is 0.200. The number of rotatable bonds is 2. The first-order valence-electron chi connectivity index (χ1n) is 6.56. The minimum Gasteiger partial charge on any atom is -0.476 e. The highest BCUT2D eigenvalue weighted by Crippen LogP contribution is 2.35. The van der Waals surface area contributed by atoms with Gasteiger partial charge in [-0.25, -0.2) is 0 Å². The highest BCUT2D eigenvalue weighted by molar-refractivity contribution is 9.10. The van der Waals surface area contributed by atoms with E-state index in [1.54, 1.807) is 44.2 Å². The molecule has 0 atom stereocenters. The number of furan rings is 1. The zero-order chi connectivity index (χ0) is 15.9. The third-order valence-corrected chi connectivity index (χ3v) is 3.62. The average molecular weight is 365 g/mol. The lowest BCUT2D eigenvalue weighted by Gasteiger charge is -2.31. The molecule has 0 saturated heterocycles. The van der Waals surface area contributed by atoms with Crippen LogP contribution in [0, 0.1) is 0 Å². The van der Waals surface area contributed by atoms with Crippen molar-refractivity contribution in [2.45, 2.75) is 19.4 Å². The molecule has 2 amide bonds. The molecule has 2 aromatic rings. The van der Waals surface area contributed by atoms with E-state index >= 15 is 0 Å². The second-order valence-corrected chi connectivity index (χ2v) is 6.12. The Hall–Kier alpha value is -2.28. The van der Waals surface area contributed by atoms with Gasteiger partial charge in [0.1, 0.15) is 5.75 Å². The topological polar surface area (TPSA) is 80.6 Å². The Morgan fingerprint density at radius 3 is 2.73 bits per heavy atom. The van der Waals surface area contributed by atoms with E-state index in [0.717, 1.165) is 0 Å². The first-order chi connectivity index (χ1) is 10.3. The van der Waals surface area contributed by atoms with Gasteiger partial charge in [-0.05, 0) is 60.1 Å². The maximum Gasteiger partial charge on any atom is 0.291 e. The van der Waals surface area contributed by atoms with Crippen molar-refractivity contribution in [1.82, 2.24) is 0 Å². The number of carbonyl (C=O) groups excluding carboxylic acids is 2. The van der Waals surface area contributed by atoms with Crippen LogP contribution in [0.5, 0.6) is 5.75 Å². The highest BCUT2D eigenvalue weighted by Gasteiger charge is 2.35. The smallest absolute Gasteiger partial charge is 0.291 e. The normalized spacial score (nSPS) is 15.5. The number of nitrogens with one attached hydrogen (secondary N) is 2. The van der Waals surface area contributed by atoms with Gasteiger partial charge in [0.25, 0.3) is 11.8 Å². The predicted octanol–water partition coefficient (Wildman–Crippen LogP) is 3.40. The summed E-state index contributed by atoms with van der Waals surface area (Å²) in [4.78, 5) is 23.9. The van der Waals surface area contributed by atoms with Crippen molar-refractivity contribution in [1.29, 1.82) is 0 Å². The van der Waals surface area contributed by atoms with Crippen LogP contribution in [0.15, 0.2) is 39.4 Å². The molecule has 3 rings (SSSR count). The van der Waals surface area contributed by atoms with Crippen LogP contribution in [0.1, 0.15) is 24.4 Å². The Morgan fingerprint density at radius 2 is 2.05 bits per heavy atom. The number of ether oxygens (including phenoxy) is 1. The fourth-order valence-corrected chi connectivity index (χ4v) is 2.32. The molecule has 1 aliphatic rings. The number of fused-ring (bicyclic) bond motifs is 1. The van der Waals surface area contributed by atoms with Crippen LogP contribution in [0.2, 0.25) is 0 Å². The van der Waals surface area contributed by atoms with Gasteiger partial charge >= 0.3 is 0 Å². The van der Waals surface area contributed by atoms with Crippen LogP contribution in [0.4, 0.5) is 11.4 Å². The third kappa shape index (κ3) is 2.71. The minimum atomic E-state index is -0.918. The molecule has 7 heteroatoms. The first kappa shape index (κ1) is 14.6. The maximum atomic E-state index is 12.0. The number of hydrogen-bond acceptors (Lipinski definition) is 4. The summed E-state index contributed by atoms with van der Waals surface area (Å²) in [6.07, 6.45) is 0. The van der Waals surface area contributed by atoms with Gasteiger partial charge < -0.3 is 19.8 Å². The van der Waals surface area contributed by atoms with E-state index in [2.05, 4.69) is 26.6 Å². The Labute approximate surface area is 135 Å². The van der Waals surface area contributed by atoms with Crippen molar-refractivity contribution in [3.63, 3.8) is 0 Å². The Bertz CT molecular complexity index is 767. The Morgan fingerprint density at radius 1 is 1.27 bits per heavy atom. The van der Waals surface area contributed by atoms with Crippen molar-refractivity contribution < 1.29 is 18.7 Å². The number of anilines is 2. The van der Waals surface area contributed by atoms with E-state index in [4.69, 9.17) is 9.15 Å². The largest absolute Gasteiger partial charge is 0.476 e. The van der Waals surface area contributed by atoms with Gasteiger partial charge in [-0.1, -0.05) is 0 Å². The standard InChI is InChI=1S/C15H13BrN2O4/c1-15(2)14(20)18-9-7-8(3-4-10(9)22-15)17-13(19)11-5-6-12(16)21-11/h3-7H,1-2H3,(H,17,19)(H,18,20). The van der Waals surface area contributed by atoms with Crippen LogP contribution < -0.4 is 15.4 Å². The summed E-state index contributed by atoms with van der Waals surface area (Å²) in [6.45, 7) is 3.38. The van der Waals surface area contributed by atoms with Crippen LogP contribution in [0.3, 0.4) is 0 Å². The van der Waals surface area contributed by atoms with Gasteiger partial charge in [0.2, 0.25) is 0 Å². The molecule has 114 valence electrons. The van der Waals surface area contributed by atoms with Crippen LogP contribution in [0.25, 0.3) is 0 Å². The summed E-state index contributed by atoms with van der Waals surface area (Å²) < 4.78 is 11.3. The summed E-state index contributed by atoms with van der Waals surface area (Å²) in [7, 11) is 0. The second-order valence-electron chi connectivity index (χ2n) is 5.34. The molecule has 0 aliphatic carbocycles. The Balaban J connectivity index is 1.81. The molecule has 2 heterocycles. The van der Waals surface area contributed by atoms with E-state index in [0.29, 0.717) is 21.8 Å². The Kier molecular flexibility index (Phi) is 3.44. The van der Waals surface area contributed by atoms with Gasteiger partial charge in [-0.2, -0.15) is 0 Å². The molecular formula is C15H13BrN2O4. The SMILES string of the molecule is CC1(C)Oc2ccc(NC(=O)c3ccc(Br)o3)cc2NC1=O. The van der Waals surface area contributed by atoms with E-state index in [1.165, 1.54) is 0 Å². The van der Waals surface area contributed by atoms with Crippen molar-refractivity contribution in [2.75, 3.05) is 10.6 Å². The predicted molar refractivity (Wildman–Crippen MR) is 84.1 cm³/mol. The molecule has 0 saturated carbocycles. The molecule has 1 aromatic heterocycles. The monoisotopic (exact) mass is 364 g/mol. The van der Waals surface area contributed by atoms with Gasteiger partial charge in [0.05, 0.1) is 5.69 Å². The summed E-state index contributed by atoms with van der Waals surface area (Å²) >= 11 is 3.14. The zero-order valence-corrected chi connectivity index (χ0v) is 13.5. The maximum absolute atomic E-state index is 12.0. The molecule has 22 heavy (non-hydrogen) atoms. The summed E-state index contributed by atoms with van der Waals surface area (Å²) in [6, 6.07) is 8.23. The van der Waals surface area contributed by atoms with E-state index in [-0.39, 0.29) is 17.6 Å². The van der Waals surface area contributed by atoms with Gasteiger partial charge in [-0.3, -0.25) is 9.59 Å². The lowest BCUT2D eigenvalue weighted by Crippen LogP contribution is -2.45. The molecule has 0 bridgehead atoms. The van der Waals surface area contributed by atoms with E-state index in [1.807, 2.05) is 0 Å². The summed E-state index contributed by atoms with van der Waals surface area (Å²) in [5.41, 5.74) is 0.126. The van der Waals surface area contributed by atoms with Gasteiger partial charge in [0, 0.05) is 5.69 Å². The fourth-order valence-electron chi connectivity index (χ4n) is 2.02. The molecule has 0 unspecified atom stereocenters. The number of benzene rings is 1. The molecule has 1 aliphatic heterocycles. The number of amides is 2. The molecule has 0 fully saturated rings. The number of halogens is 1. The van der Waals surface area contributed by atoms with Crippen molar-refractivity contribution in [2.24, 2.45) is 0 Å². The van der Waals surface area contributed by atoms with Crippen LogP contribution in [-0.4, -0.2) is 17.4 Å². The number of hydrogen-bond donors (Lipinski definition) is 2. The second kappa shape index (κ2) is 5.17. The molecule has 6 nitrogen and oxygen atoms in total. The highest BCUT2D eigenvalue weighted by atomic mass is 79.9.